The van der Waals surface area contributed by atoms with Crippen LogP contribution in [0.4, 0.5) is 5.69 Å². The molecule has 1 aromatic rings. The van der Waals surface area contributed by atoms with Crippen molar-refractivity contribution in [3.63, 3.8) is 0 Å². The number of aryl methyl sites for hydroxylation is 2. The Balaban J connectivity index is 3.19. The van der Waals surface area contributed by atoms with Crippen molar-refractivity contribution in [2.24, 2.45) is 5.18 Å². The van der Waals surface area contributed by atoms with Crippen LogP contribution in [-0.4, -0.2) is 9.97 Å². The molecule has 0 aliphatic carbocycles. The van der Waals surface area contributed by atoms with Crippen LogP contribution in [0.1, 0.15) is 11.5 Å². The summed E-state index contributed by atoms with van der Waals surface area (Å²) in [5.41, 5.74) is 0.938. The predicted molar refractivity (Wildman–Crippen MR) is 37.0 cm³/mol. The first kappa shape index (κ1) is 6.80. The van der Waals surface area contributed by atoms with E-state index in [9.17, 15) is 4.91 Å². The molecule has 1 aromatic heterocycles. The van der Waals surface area contributed by atoms with Gasteiger partial charge in [-0.2, -0.15) is 0 Å². The molecule has 4 nitrogen and oxygen atoms in total. The summed E-state index contributed by atoms with van der Waals surface area (Å²) in [4.78, 5) is 17.8. The highest BCUT2D eigenvalue weighted by Gasteiger charge is 1.98. The third-order valence-corrected chi connectivity index (χ3v) is 1.17. The first-order valence-corrected chi connectivity index (χ1v) is 2.87. The molecule has 0 amide bonds. The number of nitroso groups, excluding NO2 is 1. The van der Waals surface area contributed by atoms with E-state index in [1.807, 2.05) is 0 Å². The third kappa shape index (κ3) is 1.15. The van der Waals surface area contributed by atoms with Crippen molar-refractivity contribution < 1.29 is 0 Å². The summed E-state index contributed by atoms with van der Waals surface area (Å²) in [6, 6.07) is 0. The Bertz CT molecular complexity index is 259. The number of rotatable bonds is 1. The molecule has 0 fully saturated rings. The van der Waals surface area contributed by atoms with Crippen LogP contribution < -0.4 is 0 Å². The molecule has 1 rings (SSSR count). The van der Waals surface area contributed by atoms with Gasteiger partial charge in [-0.25, -0.2) is 9.97 Å². The van der Waals surface area contributed by atoms with Gasteiger partial charge in [0.05, 0.1) is 11.9 Å². The molecule has 0 aromatic carbocycles. The molecule has 0 atom stereocenters. The minimum Gasteiger partial charge on any atom is -0.239 e. The van der Waals surface area contributed by atoms with Crippen molar-refractivity contribution in [1.82, 2.24) is 9.97 Å². The predicted octanol–water partition coefficient (Wildman–Crippen LogP) is 1.49. The van der Waals surface area contributed by atoms with Gasteiger partial charge in [0.15, 0.2) is 0 Å². The van der Waals surface area contributed by atoms with Gasteiger partial charge in [-0.15, -0.1) is 4.91 Å². The van der Waals surface area contributed by atoms with Crippen molar-refractivity contribution in [3.05, 3.63) is 22.6 Å². The Hall–Kier alpha value is -1.32. The Morgan fingerprint density at radius 2 is 2.20 bits per heavy atom. The lowest BCUT2D eigenvalue weighted by molar-refractivity contribution is 1.01. The van der Waals surface area contributed by atoms with Gasteiger partial charge in [-0.05, 0) is 19.0 Å². The lowest BCUT2D eigenvalue weighted by Gasteiger charge is -1.94. The van der Waals surface area contributed by atoms with Gasteiger partial charge in [-0.1, -0.05) is 0 Å². The van der Waals surface area contributed by atoms with E-state index in [0.717, 1.165) is 0 Å². The van der Waals surface area contributed by atoms with Gasteiger partial charge in [0, 0.05) is 0 Å². The Kier molecular flexibility index (Phi) is 1.71. The van der Waals surface area contributed by atoms with Gasteiger partial charge in [-0.3, -0.25) is 0 Å². The molecule has 0 aliphatic rings. The summed E-state index contributed by atoms with van der Waals surface area (Å²) in [5, 5.41) is 2.74. The van der Waals surface area contributed by atoms with Crippen LogP contribution in [0.3, 0.4) is 0 Å². The fraction of sp³-hybridized carbons (Fsp3) is 0.333. The van der Waals surface area contributed by atoms with Crippen LogP contribution in [0.15, 0.2) is 11.4 Å². The highest BCUT2D eigenvalue weighted by atomic mass is 16.3. The summed E-state index contributed by atoms with van der Waals surface area (Å²) in [6.07, 6.45) is 1.42. The van der Waals surface area contributed by atoms with Crippen molar-refractivity contribution >= 4 is 5.69 Å². The van der Waals surface area contributed by atoms with Crippen molar-refractivity contribution in [3.8, 4) is 0 Å². The summed E-state index contributed by atoms with van der Waals surface area (Å²) in [5.74, 6) is 0.657. The van der Waals surface area contributed by atoms with Gasteiger partial charge in [0.25, 0.3) is 0 Å². The largest absolute Gasteiger partial charge is 0.239 e. The quantitative estimate of drug-likeness (QED) is 0.551. The van der Waals surface area contributed by atoms with Crippen LogP contribution in [-0.2, 0) is 0 Å². The van der Waals surface area contributed by atoms with Crippen LogP contribution >= 0.6 is 0 Å². The monoisotopic (exact) mass is 137 g/mol. The highest BCUT2D eigenvalue weighted by molar-refractivity contribution is 5.37. The maximum Gasteiger partial charge on any atom is 0.147 e. The van der Waals surface area contributed by atoms with E-state index >= 15 is 0 Å². The van der Waals surface area contributed by atoms with E-state index in [4.69, 9.17) is 0 Å². The smallest absolute Gasteiger partial charge is 0.147 e. The molecule has 0 bridgehead atoms. The van der Waals surface area contributed by atoms with Crippen LogP contribution in [0.25, 0.3) is 0 Å². The van der Waals surface area contributed by atoms with Crippen molar-refractivity contribution in [2.75, 3.05) is 0 Å². The average molecular weight is 137 g/mol. The van der Waals surface area contributed by atoms with Crippen LogP contribution in [0, 0.1) is 18.8 Å². The Labute approximate surface area is 58.3 Å². The molecule has 0 saturated carbocycles. The van der Waals surface area contributed by atoms with Gasteiger partial charge < -0.3 is 0 Å². The van der Waals surface area contributed by atoms with Crippen molar-refractivity contribution in [2.45, 2.75) is 13.8 Å². The second-order valence-corrected chi connectivity index (χ2v) is 1.98. The Morgan fingerprint density at radius 1 is 1.50 bits per heavy atom. The molecule has 0 unspecified atom stereocenters. The van der Waals surface area contributed by atoms with E-state index in [1.54, 1.807) is 13.8 Å². The van der Waals surface area contributed by atoms with E-state index < -0.39 is 0 Å². The van der Waals surface area contributed by atoms with Gasteiger partial charge >= 0.3 is 0 Å². The topological polar surface area (TPSA) is 55.2 Å². The van der Waals surface area contributed by atoms with E-state index in [0.29, 0.717) is 17.2 Å². The zero-order valence-corrected chi connectivity index (χ0v) is 5.83. The lowest BCUT2D eigenvalue weighted by Crippen LogP contribution is -1.88. The molecule has 52 valence electrons. The lowest BCUT2D eigenvalue weighted by atomic mass is 10.4. The summed E-state index contributed by atoms with van der Waals surface area (Å²) >= 11 is 0. The number of hydrogen-bond acceptors (Lipinski definition) is 4. The fourth-order valence-electron chi connectivity index (χ4n) is 0.666. The molecule has 0 aliphatic heterocycles. The molecule has 0 saturated heterocycles. The van der Waals surface area contributed by atoms with Gasteiger partial charge in [0.1, 0.15) is 11.5 Å². The molecule has 0 N–H and O–H groups in total. The molecular weight excluding hydrogens is 130 g/mol. The second-order valence-electron chi connectivity index (χ2n) is 1.98. The number of nitrogens with zero attached hydrogens (tertiary/aromatic N) is 3. The molecule has 1 heterocycles. The second kappa shape index (κ2) is 2.51. The minimum atomic E-state index is 0.311. The zero-order valence-electron chi connectivity index (χ0n) is 5.83. The zero-order chi connectivity index (χ0) is 7.56. The summed E-state index contributed by atoms with van der Waals surface area (Å²) in [6.45, 7) is 3.49. The number of aromatic nitrogens is 2. The van der Waals surface area contributed by atoms with Gasteiger partial charge in [0.2, 0.25) is 0 Å². The normalized spacial score (nSPS) is 9.40. The highest BCUT2D eigenvalue weighted by Crippen LogP contribution is 2.12. The fourth-order valence-corrected chi connectivity index (χ4v) is 0.666. The average Bonchev–Trinajstić information content (AvgIpc) is 1.88. The first-order chi connectivity index (χ1) is 4.74. The SMILES string of the molecule is Cc1ncc(N=O)c(C)n1. The molecule has 0 spiro atoms. The standard InChI is InChI=1S/C6H7N3O/c1-4-6(9-10)3-7-5(2)8-4/h3H,1-2H3. The first-order valence-electron chi connectivity index (χ1n) is 2.87. The third-order valence-electron chi connectivity index (χ3n) is 1.17. The van der Waals surface area contributed by atoms with E-state index in [1.165, 1.54) is 6.20 Å². The van der Waals surface area contributed by atoms with E-state index in [2.05, 4.69) is 15.1 Å². The van der Waals surface area contributed by atoms with Crippen LogP contribution in [0.5, 0.6) is 0 Å². The number of hydrogen-bond donors (Lipinski definition) is 0. The maximum atomic E-state index is 10.0. The van der Waals surface area contributed by atoms with E-state index in [-0.39, 0.29) is 0 Å². The van der Waals surface area contributed by atoms with Crippen LogP contribution in [0.2, 0.25) is 0 Å². The van der Waals surface area contributed by atoms with Crippen molar-refractivity contribution in [1.29, 1.82) is 0 Å². The Morgan fingerprint density at radius 3 is 2.70 bits per heavy atom. The molecule has 4 heteroatoms. The summed E-state index contributed by atoms with van der Waals surface area (Å²) < 4.78 is 0. The molecule has 0 radical (unpaired) electrons. The molecular formula is C6H7N3O. The maximum absolute atomic E-state index is 10.0. The minimum absolute atomic E-state index is 0.311. The summed E-state index contributed by atoms with van der Waals surface area (Å²) in [7, 11) is 0. The molecule has 10 heavy (non-hydrogen) atoms.